The van der Waals surface area contributed by atoms with E-state index in [4.69, 9.17) is 0 Å². The molecule has 1 unspecified atom stereocenters. The molecule has 1 heterocycles. The number of aromatic nitrogens is 3. The highest BCUT2D eigenvalue weighted by Gasteiger charge is 2.09. The lowest BCUT2D eigenvalue weighted by Crippen LogP contribution is -2.33. The van der Waals surface area contributed by atoms with Gasteiger partial charge in [-0.2, -0.15) is 0 Å². The topological polar surface area (TPSA) is 70.7 Å². The van der Waals surface area contributed by atoms with E-state index in [-0.39, 0.29) is 23.5 Å². The first-order valence-electron chi connectivity index (χ1n) is 7.85. The van der Waals surface area contributed by atoms with Crippen molar-refractivity contribution in [3.8, 4) is 0 Å². The Bertz CT molecular complexity index is 684. The Labute approximate surface area is 145 Å². The molecule has 0 bridgehead atoms. The van der Waals surface area contributed by atoms with Crippen LogP contribution in [0.4, 0.5) is 4.39 Å². The van der Waals surface area contributed by atoms with E-state index >= 15 is 0 Å². The van der Waals surface area contributed by atoms with Crippen molar-refractivity contribution in [3.05, 3.63) is 41.5 Å². The normalized spacial score (nSPS) is 12.5. The summed E-state index contributed by atoms with van der Waals surface area (Å²) in [6, 6.07) is 6.35. The van der Waals surface area contributed by atoms with E-state index in [0.29, 0.717) is 11.0 Å². The molecule has 0 saturated carbocycles. The van der Waals surface area contributed by atoms with Gasteiger partial charge >= 0.3 is 0 Å². The number of rotatable bonds is 8. The van der Waals surface area contributed by atoms with Crippen LogP contribution in [-0.4, -0.2) is 32.9 Å². The molecular weight excluding hydrogens is 327 g/mol. The zero-order valence-corrected chi connectivity index (χ0v) is 14.6. The summed E-state index contributed by atoms with van der Waals surface area (Å²) in [7, 11) is 0. The molecule has 0 radical (unpaired) electrons. The molecule has 0 saturated heterocycles. The second-order valence-corrected chi connectivity index (χ2v) is 6.38. The fourth-order valence-corrected chi connectivity index (χ4v) is 2.71. The quantitative estimate of drug-likeness (QED) is 0.716. The van der Waals surface area contributed by atoms with Crippen LogP contribution in [0.25, 0.3) is 12.2 Å². The van der Waals surface area contributed by atoms with Gasteiger partial charge < -0.3 is 5.32 Å². The van der Waals surface area contributed by atoms with Crippen molar-refractivity contribution < 1.29 is 9.18 Å². The van der Waals surface area contributed by atoms with Crippen LogP contribution in [-0.2, 0) is 4.79 Å². The predicted octanol–water partition coefficient (Wildman–Crippen LogP) is 3.51. The Morgan fingerprint density at radius 1 is 1.38 bits per heavy atom. The molecule has 2 N–H and O–H groups in total. The molecule has 0 aliphatic heterocycles. The van der Waals surface area contributed by atoms with Gasteiger partial charge in [0.2, 0.25) is 11.1 Å². The lowest BCUT2D eigenvalue weighted by molar-refractivity contribution is -0.119. The Balaban J connectivity index is 1.82. The molecule has 1 aromatic heterocycles. The molecule has 0 spiro atoms. The van der Waals surface area contributed by atoms with E-state index in [0.717, 1.165) is 18.4 Å². The lowest BCUT2D eigenvalue weighted by Gasteiger charge is -2.11. The van der Waals surface area contributed by atoms with Gasteiger partial charge in [0, 0.05) is 6.04 Å². The molecule has 24 heavy (non-hydrogen) atoms. The van der Waals surface area contributed by atoms with Crippen LogP contribution in [0.2, 0.25) is 0 Å². The average Bonchev–Trinajstić information content (AvgIpc) is 3.00. The third-order valence-electron chi connectivity index (χ3n) is 3.25. The van der Waals surface area contributed by atoms with Gasteiger partial charge in [-0.05, 0) is 37.1 Å². The van der Waals surface area contributed by atoms with Crippen molar-refractivity contribution in [2.75, 3.05) is 5.75 Å². The summed E-state index contributed by atoms with van der Waals surface area (Å²) in [6.45, 7) is 4.09. The second kappa shape index (κ2) is 9.22. The zero-order chi connectivity index (χ0) is 17.4. The molecule has 7 heteroatoms. The summed E-state index contributed by atoms with van der Waals surface area (Å²) < 4.78 is 12.8. The SMILES string of the molecule is CCCC(C)NC(=O)CSc1n[nH]c(/C=C/c2ccc(F)cc2)n1. The molecule has 0 fully saturated rings. The Morgan fingerprint density at radius 3 is 2.83 bits per heavy atom. The number of thioether (sulfide) groups is 1. The molecule has 1 atom stereocenters. The minimum Gasteiger partial charge on any atom is -0.353 e. The summed E-state index contributed by atoms with van der Waals surface area (Å²) in [4.78, 5) is 16.1. The van der Waals surface area contributed by atoms with Crippen LogP contribution in [0.3, 0.4) is 0 Å². The Hall–Kier alpha value is -2.15. The Morgan fingerprint density at radius 2 is 2.12 bits per heavy atom. The van der Waals surface area contributed by atoms with Crippen molar-refractivity contribution in [2.45, 2.75) is 37.9 Å². The van der Waals surface area contributed by atoms with Crippen LogP contribution in [0.1, 0.15) is 38.1 Å². The summed E-state index contributed by atoms with van der Waals surface area (Å²) in [5, 5.41) is 10.3. The van der Waals surface area contributed by atoms with Crippen molar-refractivity contribution in [3.63, 3.8) is 0 Å². The van der Waals surface area contributed by atoms with Gasteiger partial charge in [-0.25, -0.2) is 9.37 Å². The summed E-state index contributed by atoms with van der Waals surface area (Å²) in [5.74, 6) is 0.584. The number of aromatic amines is 1. The number of halogens is 1. The molecule has 2 aromatic rings. The molecule has 5 nitrogen and oxygen atoms in total. The monoisotopic (exact) mass is 348 g/mol. The van der Waals surface area contributed by atoms with Gasteiger partial charge in [0.1, 0.15) is 11.6 Å². The minimum absolute atomic E-state index is 0.0193. The van der Waals surface area contributed by atoms with Crippen molar-refractivity contribution in [1.29, 1.82) is 0 Å². The van der Waals surface area contributed by atoms with Crippen LogP contribution < -0.4 is 5.32 Å². The van der Waals surface area contributed by atoms with E-state index in [9.17, 15) is 9.18 Å². The zero-order valence-electron chi connectivity index (χ0n) is 13.8. The summed E-state index contributed by atoms with van der Waals surface area (Å²) in [6.07, 6.45) is 5.58. The van der Waals surface area contributed by atoms with E-state index in [1.54, 1.807) is 18.2 Å². The van der Waals surface area contributed by atoms with Crippen LogP contribution >= 0.6 is 11.8 Å². The number of hydrogen-bond donors (Lipinski definition) is 2. The highest BCUT2D eigenvalue weighted by atomic mass is 32.2. The highest BCUT2D eigenvalue weighted by Crippen LogP contribution is 2.13. The van der Waals surface area contributed by atoms with Gasteiger partial charge in [0.25, 0.3) is 0 Å². The molecule has 1 amide bonds. The maximum Gasteiger partial charge on any atom is 0.230 e. The first-order chi connectivity index (χ1) is 11.6. The van der Waals surface area contributed by atoms with Crippen LogP contribution in [0.15, 0.2) is 29.4 Å². The third kappa shape index (κ3) is 6.16. The molecular formula is C17H21FN4OS. The van der Waals surface area contributed by atoms with E-state index in [1.807, 2.05) is 13.0 Å². The maximum absolute atomic E-state index is 12.8. The molecule has 0 aliphatic rings. The summed E-state index contributed by atoms with van der Waals surface area (Å²) >= 11 is 1.28. The number of nitrogens with zero attached hydrogens (tertiary/aromatic N) is 2. The minimum atomic E-state index is -0.267. The number of nitrogens with one attached hydrogen (secondary N) is 2. The number of carbonyl (C=O) groups is 1. The number of H-pyrrole nitrogens is 1. The number of amides is 1. The first kappa shape index (κ1) is 18.2. The Kier molecular flexibility index (Phi) is 6.99. The fourth-order valence-electron chi connectivity index (χ4n) is 2.10. The van der Waals surface area contributed by atoms with Gasteiger partial charge in [0.05, 0.1) is 5.75 Å². The lowest BCUT2D eigenvalue weighted by atomic mass is 10.2. The van der Waals surface area contributed by atoms with E-state index < -0.39 is 0 Å². The van der Waals surface area contributed by atoms with Crippen molar-refractivity contribution in [1.82, 2.24) is 20.5 Å². The average molecular weight is 348 g/mol. The molecule has 0 aliphatic carbocycles. The van der Waals surface area contributed by atoms with Gasteiger partial charge in [-0.15, -0.1) is 5.10 Å². The predicted molar refractivity (Wildman–Crippen MR) is 94.9 cm³/mol. The summed E-state index contributed by atoms with van der Waals surface area (Å²) in [5.41, 5.74) is 0.867. The number of carbonyl (C=O) groups excluding carboxylic acids is 1. The fraction of sp³-hybridized carbons (Fsp3) is 0.353. The van der Waals surface area contributed by atoms with Gasteiger partial charge in [-0.1, -0.05) is 43.3 Å². The van der Waals surface area contributed by atoms with Crippen LogP contribution in [0.5, 0.6) is 0 Å². The highest BCUT2D eigenvalue weighted by molar-refractivity contribution is 7.99. The van der Waals surface area contributed by atoms with Crippen molar-refractivity contribution in [2.24, 2.45) is 0 Å². The van der Waals surface area contributed by atoms with E-state index in [2.05, 4.69) is 27.4 Å². The standard InChI is InChI=1S/C17H21FN4OS/c1-3-4-12(2)19-16(23)11-24-17-20-15(21-22-17)10-7-13-5-8-14(18)9-6-13/h5-10,12H,3-4,11H2,1-2H3,(H,19,23)(H,20,21,22)/b10-7+. The van der Waals surface area contributed by atoms with Gasteiger partial charge in [-0.3, -0.25) is 9.89 Å². The first-order valence-corrected chi connectivity index (χ1v) is 8.83. The maximum atomic E-state index is 12.8. The van der Waals surface area contributed by atoms with Crippen molar-refractivity contribution >= 4 is 29.8 Å². The number of benzene rings is 1. The largest absolute Gasteiger partial charge is 0.353 e. The molecule has 128 valence electrons. The smallest absolute Gasteiger partial charge is 0.230 e. The van der Waals surface area contributed by atoms with Crippen LogP contribution in [0, 0.1) is 5.82 Å². The molecule has 2 rings (SSSR count). The second-order valence-electron chi connectivity index (χ2n) is 5.43. The number of hydrogen-bond acceptors (Lipinski definition) is 4. The van der Waals surface area contributed by atoms with E-state index in [1.165, 1.54) is 23.9 Å². The molecule has 1 aromatic carbocycles. The third-order valence-corrected chi connectivity index (χ3v) is 4.09. The van der Waals surface area contributed by atoms with Gasteiger partial charge in [0.15, 0.2) is 0 Å².